The Morgan fingerprint density at radius 3 is 2.75 bits per heavy atom. The van der Waals surface area contributed by atoms with Gasteiger partial charge in [-0.15, -0.1) is 0 Å². The Kier molecular flexibility index (Phi) is 1.92. The van der Waals surface area contributed by atoms with Crippen LogP contribution >= 0.6 is 0 Å². The number of allylic oxidation sites excluding steroid dienone is 4. The van der Waals surface area contributed by atoms with Crippen LogP contribution in [0.5, 0.6) is 0 Å². The lowest BCUT2D eigenvalue weighted by atomic mass is 9.79. The lowest BCUT2D eigenvalue weighted by Gasteiger charge is -2.25. The summed E-state index contributed by atoms with van der Waals surface area (Å²) in [6.45, 7) is 6.99. The molecule has 1 atom stereocenters. The van der Waals surface area contributed by atoms with Crippen LogP contribution in [0.4, 0.5) is 0 Å². The summed E-state index contributed by atoms with van der Waals surface area (Å²) in [5.41, 5.74) is 6.15. The third-order valence-electron chi connectivity index (χ3n) is 4.00. The maximum absolute atomic E-state index is 2.47. The molecular formula is C16H18. The molecule has 0 saturated carbocycles. The summed E-state index contributed by atoms with van der Waals surface area (Å²) < 4.78 is 0. The van der Waals surface area contributed by atoms with Crippen molar-refractivity contribution < 1.29 is 0 Å². The van der Waals surface area contributed by atoms with E-state index in [0.717, 1.165) is 0 Å². The number of hydrogen-bond acceptors (Lipinski definition) is 0. The fraction of sp³-hybridized carbons (Fsp3) is 0.375. The van der Waals surface area contributed by atoms with Crippen LogP contribution < -0.4 is 0 Å². The first-order valence-electron chi connectivity index (χ1n) is 6.13. The van der Waals surface area contributed by atoms with E-state index < -0.39 is 0 Å². The summed E-state index contributed by atoms with van der Waals surface area (Å²) in [6, 6.07) is 8.85. The van der Waals surface area contributed by atoms with Gasteiger partial charge in [0.1, 0.15) is 0 Å². The predicted molar refractivity (Wildman–Crippen MR) is 69.3 cm³/mol. The van der Waals surface area contributed by atoms with Gasteiger partial charge in [0.25, 0.3) is 0 Å². The number of rotatable bonds is 0. The second kappa shape index (κ2) is 3.10. The molecule has 0 spiro atoms. The van der Waals surface area contributed by atoms with Gasteiger partial charge in [-0.1, -0.05) is 57.2 Å². The van der Waals surface area contributed by atoms with Crippen molar-refractivity contribution in [2.75, 3.05) is 0 Å². The van der Waals surface area contributed by atoms with Crippen LogP contribution in [0.3, 0.4) is 0 Å². The summed E-state index contributed by atoms with van der Waals surface area (Å²) in [6.07, 6.45) is 6.08. The molecule has 0 bridgehead atoms. The SMILES string of the molecule is CC1C=C2C(=CC1)c1ccccc1C2(C)C. The van der Waals surface area contributed by atoms with Crippen LogP contribution in [0.25, 0.3) is 5.57 Å². The van der Waals surface area contributed by atoms with Crippen LogP contribution in [-0.4, -0.2) is 0 Å². The molecule has 0 radical (unpaired) electrons. The highest BCUT2D eigenvalue weighted by Crippen LogP contribution is 2.51. The molecule has 0 heteroatoms. The maximum Gasteiger partial charge on any atom is 0.0155 e. The minimum absolute atomic E-state index is 0.192. The largest absolute Gasteiger partial charge is 0.0767 e. The molecular weight excluding hydrogens is 192 g/mol. The van der Waals surface area contributed by atoms with Crippen molar-refractivity contribution in [2.24, 2.45) is 5.92 Å². The molecule has 1 unspecified atom stereocenters. The normalized spacial score (nSPS) is 25.6. The van der Waals surface area contributed by atoms with E-state index in [1.54, 1.807) is 0 Å². The van der Waals surface area contributed by atoms with E-state index in [1.165, 1.54) is 28.7 Å². The summed E-state index contributed by atoms with van der Waals surface area (Å²) >= 11 is 0. The van der Waals surface area contributed by atoms with Crippen molar-refractivity contribution in [3.63, 3.8) is 0 Å². The van der Waals surface area contributed by atoms with Crippen molar-refractivity contribution in [1.82, 2.24) is 0 Å². The molecule has 0 N–H and O–H groups in total. The molecule has 0 heterocycles. The van der Waals surface area contributed by atoms with Crippen LogP contribution in [0, 0.1) is 5.92 Å². The van der Waals surface area contributed by atoms with E-state index in [4.69, 9.17) is 0 Å². The summed E-state index contributed by atoms with van der Waals surface area (Å²) in [5, 5.41) is 0. The molecule has 3 rings (SSSR count). The van der Waals surface area contributed by atoms with Gasteiger partial charge in [0.2, 0.25) is 0 Å². The first kappa shape index (κ1) is 9.89. The van der Waals surface area contributed by atoms with Gasteiger partial charge in [0.15, 0.2) is 0 Å². The van der Waals surface area contributed by atoms with Crippen LogP contribution in [0.15, 0.2) is 42.0 Å². The van der Waals surface area contributed by atoms with Gasteiger partial charge in [-0.3, -0.25) is 0 Å². The third kappa shape index (κ3) is 1.16. The molecule has 1 aromatic carbocycles. The molecule has 0 saturated heterocycles. The van der Waals surface area contributed by atoms with Crippen LogP contribution in [0.1, 0.15) is 38.3 Å². The summed E-state index contributed by atoms with van der Waals surface area (Å²) in [7, 11) is 0. The third-order valence-corrected chi connectivity index (χ3v) is 4.00. The van der Waals surface area contributed by atoms with Gasteiger partial charge >= 0.3 is 0 Å². The van der Waals surface area contributed by atoms with E-state index in [9.17, 15) is 0 Å². The Labute approximate surface area is 97.7 Å². The molecule has 1 aromatic rings. The Bertz CT molecular complexity index is 501. The fourth-order valence-electron chi connectivity index (χ4n) is 3.06. The Hall–Kier alpha value is -1.30. The van der Waals surface area contributed by atoms with Crippen molar-refractivity contribution in [3.8, 4) is 0 Å². The lowest BCUT2D eigenvalue weighted by Crippen LogP contribution is -2.16. The Morgan fingerprint density at radius 2 is 1.94 bits per heavy atom. The highest BCUT2D eigenvalue weighted by molar-refractivity contribution is 5.90. The van der Waals surface area contributed by atoms with Gasteiger partial charge in [-0.2, -0.15) is 0 Å². The van der Waals surface area contributed by atoms with E-state index in [1.807, 2.05) is 0 Å². The molecule has 82 valence electrons. The number of benzene rings is 1. The van der Waals surface area contributed by atoms with E-state index in [2.05, 4.69) is 57.2 Å². The van der Waals surface area contributed by atoms with E-state index in [0.29, 0.717) is 5.92 Å². The van der Waals surface area contributed by atoms with Crippen molar-refractivity contribution in [2.45, 2.75) is 32.6 Å². The minimum atomic E-state index is 0.192. The average Bonchev–Trinajstić information content (AvgIpc) is 2.49. The van der Waals surface area contributed by atoms with Gasteiger partial charge in [0, 0.05) is 5.41 Å². The Balaban J connectivity index is 2.28. The second-order valence-corrected chi connectivity index (χ2v) is 5.58. The second-order valence-electron chi connectivity index (χ2n) is 5.58. The fourth-order valence-corrected chi connectivity index (χ4v) is 3.06. The smallest absolute Gasteiger partial charge is 0.0155 e. The van der Waals surface area contributed by atoms with Crippen molar-refractivity contribution in [1.29, 1.82) is 0 Å². The van der Waals surface area contributed by atoms with Gasteiger partial charge in [0.05, 0.1) is 0 Å². The highest BCUT2D eigenvalue weighted by Gasteiger charge is 2.38. The monoisotopic (exact) mass is 210 g/mol. The molecule has 0 nitrogen and oxygen atoms in total. The minimum Gasteiger partial charge on any atom is -0.0767 e. The van der Waals surface area contributed by atoms with E-state index >= 15 is 0 Å². The van der Waals surface area contributed by atoms with Crippen molar-refractivity contribution in [3.05, 3.63) is 53.1 Å². The highest BCUT2D eigenvalue weighted by atomic mass is 14.4. The first-order chi connectivity index (χ1) is 7.60. The average molecular weight is 210 g/mol. The molecule has 0 aromatic heterocycles. The predicted octanol–water partition coefficient (Wildman–Crippen LogP) is 4.33. The molecule has 16 heavy (non-hydrogen) atoms. The van der Waals surface area contributed by atoms with Crippen molar-refractivity contribution >= 4 is 5.57 Å². The van der Waals surface area contributed by atoms with Crippen LogP contribution in [0.2, 0.25) is 0 Å². The standard InChI is InChI=1S/C16H18/c1-11-8-9-13-12-6-4-5-7-14(12)16(2,3)15(13)10-11/h4-7,9-11H,8H2,1-3H3. The van der Waals surface area contributed by atoms with Crippen LogP contribution in [-0.2, 0) is 5.41 Å². The lowest BCUT2D eigenvalue weighted by molar-refractivity contribution is 0.633. The summed E-state index contributed by atoms with van der Waals surface area (Å²) in [5.74, 6) is 0.687. The zero-order valence-corrected chi connectivity index (χ0v) is 10.2. The van der Waals surface area contributed by atoms with Gasteiger partial charge in [-0.05, 0) is 34.6 Å². The molecule has 0 aliphatic heterocycles. The molecule has 2 aliphatic carbocycles. The topological polar surface area (TPSA) is 0 Å². The zero-order chi connectivity index (χ0) is 11.3. The Morgan fingerprint density at radius 1 is 1.19 bits per heavy atom. The molecule has 0 amide bonds. The maximum atomic E-state index is 2.47. The van der Waals surface area contributed by atoms with Gasteiger partial charge in [-0.25, -0.2) is 0 Å². The molecule has 0 fully saturated rings. The number of hydrogen-bond donors (Lipinski definition) is 0. The van der Waals surface area contributed by atoms with Gasteiger partial charge < -0.3 is 0 Å². The van der Waals surface area contributed by atoms with E-state index in [-0.39, 0.29) is 5.41 Å². The zero-order valence-electron chi connectivity index (χ0n) is 10.2. The quantitative estimate of drug-likeness (QED) is 0.598. The number of fused-ring (bicyclic) bond motifs is 3. The first-order valence-corrected chi connectivity index (χ1v) is 6.13. The summed E-state index contributed by atoms with van der Waals surface area (Å²) in [4.78, 5) is 0. The molecule has 2 aliphatic rings.